The van der Waals surface area contributed by atoms with E-state index in [0.717, 1.165) is 0 Å². The Morgan fingerprint density at radius 1 is 1.28 bits per heavy atom. The first-order valence-corrected chi connectivity index (χ1v) is 7.90. The number of carboxylic acid groups (broad SMARTS) is 1. The SMILES string of the molecule is CC(C)c1noc(CCC(=O)N(C)c2ccc(OCC(=O)O)cc2)n1. The molecule has 2 rings (SSSR count). The molecule has 134 valence electrons. The van der Waals surface area contributed by atoms with E-state index < -0.39 is 12.6 Å². The molecule has 8 nitrogen and oxygen atoms in total. The van der Waals surface area contributed by atoms with Crippen LogP contribution in [0.2, 0.25) is 0 Å². The standard InChI is InChI=1S/C17H21N3O5/c1-11(2)17-18-14(25-19-17)8-9-15(21)20(3)12-4-6-13(7-5-12)24-10-16(22)23/h4-7,11H,8-10H2,1-3H3,(H,22,23). The van der Waals surface area contributed by atoms with Crippen LogP contribution >= 0.6 is 0 Å². The maximum absolute atomic E-state index is 12.3. The van der Waals surface area contributed by atoms with E-state index in [9.17, 15) is 9.59 Å². The molecule has 0 aliphatic carbocycles. The highest BCUT2D eigenvalue weighted by molar-refractivity contribution is 5.92. The van der Waals surface area contributed by atoms with Gasteiger partial charge in [0.15, 0.2) is 12.4 Å². The molecule has 0 unspecified atom stereocenters. The van der Waals surface area contributed by atoms with E-state index in [0.29, 0.717) is 29.6 Å². The molecule has 0 radical (unpaired) electrons. The molecule has 1 aromatic carbocycles. The summed E-state index contributed by atoms with van der Waals surface area (Å²) in [4.78, 5) is 28.5. The molecule has 2 aromatic rings. The number of benzene rings is 1. The minimum atomic E-state index is -1.04. The molecule has 0 bridgehead atoms. The Balaban J connectivity index is 1.89. The molecule has 1 heterocycles. The lowest BCUT2D eigenvalue weighted by Crippen LogP contribution is -2.26. The second-order valence-electron chi connectivity index (χ2n) is 5.83. The highest BCUT2D eigenvalue weighted by atomic mass is 16.5. The number of hydrogen-bond donors (Lipinski definition) is 1. The Bertz CT molecular complexity index is 724. The van der Waals surface area contributed by atoms with Crippen molar-refractivity contribution in [1.29, 1.82) is 0 Å². The fraction of sp³-hybridized carbons (Fsp3) is 0.412. The molecule has 0 saturated heterocycles. The van der Waals surface area contributed by atoms with Crippen molar-refractivity contribution in [1.82, 2.24) is 10.1 Å². The van der Waals surface area contributed by atoms with E-state index in [1.807, 2.05) is 13.8 Å². The van der Waals surface area contributed by atoms with E-state index in [1.165, 1.54) is 4.90 Å². The Labute approximate surface area is 145 Å². The number of aromatic nitrogens is 2. The highest BCUT2D eigenvalue weighted by Crippen LogP contribution is 2.19. The normalized spacial score (nSPS) is 10.7. The van der Waals surface area contributed by atoms with Crippen molar-refractivity contribution in [3.63, 3.8) is 0 Å². The van der Waals surface area contributed by atoms with Gasteiger partial charge in [-0.2, -0.15) is 4.98 Å². The second-order valence-corrected chi connectivity index (χ2v) is 5.83. The van der Waals surface area contributed by atoms with Crippen LogP contribution in [-0.4, -0.2) is 40.8 Å². The zero-order chi connectivity index (χ0) is 18.4. The number of nitrogens with zero attached hydrogens (tertiary/aromatic N) is 3. The maximum atomic E-state index is 12.3. The van der Waals surface area contributed by atoms with Crippen LogP contribution in [0.25, 0.3) is 0 Å². The van der Waals surface area contributed by atoms with Crippen LogP contribution in [0, 0.1) is 0 Å². The first-order chi connectivity index (χ1) is 11.9. The molecule has 8 heteroatoms. The van der Waals surface area contributed by atoms with Crippen LogP contribution in [0.15, 0.2) is 28.8 Å². The van der Waals surface area contributed by atoms with E-state index >= 15 is 0 Å². The number of carbonyl (C=O) groups excluding carboxylic acids is 1. The predicted octanol–water partition coefficient (Wildman–Crippen LogP) is 2.25. The van der Waals surface area contributed by atoms with Crippen LogP contribution in [-0.2, 0) is 16.0 Å². The lowest BCUT2D eigenvalue weighted by molar-refractivity contribution is -0.139. The summed E-state index contributed by atoms with van der Waals surface area (Å²) in [5.74, 6) is 0.550. The van der Waals surface area contributed by atoms with Gasteiger partial charge in [-0.15, -0.1) is 0 Å². The zero-order valence-electron chi connectivity index (χ0n) is 14.4. The van der Waals surface area contributed by atoms with Crippen LogP contribution in [0.4, 0.5) is 5.69 Å². The smallest absolute Gasteiger partial charge is 0.341 e. The predicted molar refractivity (Wildman–Crippen MR) is 89.7 cm³/mol. The fourth-order valence-electron chi connectivity index (χ4n) is 2.04. The molecule has 0 spiro atoms. The molecule has 0 aliphatic heterocycles. The van der Waals surface area contributed by atoms with E-state index in [1.54, 1.807) is 31.3 Å². The van der Waals surface area contributed by atoms with Gasteiger partial charge >= 0.3 is 5.97 Å². The van der Waals surface area contributed by atoms with Crippen molar-refractivity contribution in [2.24, 2.45) is 0 Å². The van der Waals surface area contributed by atoms with E-state index in [2.05, 4.69) is 10.1 Å². The van der Waals surface area contributed by atoms with E-state index in [4.69, 9.17) is 14.4 Å². The number of rotatable bonds is 8. The number of aryl methyl sites for hydroxylation is 1. The monoisotopic (exact) mass is 347 g/mol. The number of ether oxygens (including phenoxy) is 1. The average Bonchev–Trinajstić information content (AvgIpc) is 3.07. The van der Waals surface area contributed by atoms with Gasteiger partial charge in [0.2, 0.25) is 11.8 Å². The largest absolute Gasteiger partial charge is 0.482 e. The Morgan fingerprint density at radius 3 is 2.52 bits per heavy atom. The van der Waals surface area contributed by atoms with Crippen molar-refractivity contribution >= 4 is 17.6 Å². The third kappa shape index (κ3) is 5.30. The molecule has 0 fully saturated rings. The third-order valence-corrected chi connectivity index (χ3v) is 3.51. The number of hydrogen-bond acceptors (Lipinski definition) is 6. The maximum Gasteiger partial charge on any atom is 0.341 e. The molecular formula is C17H21N3O5. The topological polar surface area (TPSA) is 106 Å². The highest BCUT2D eigenvalue weighted by Gasteiger charge is 2.15. The van der Waals surface area contributed by atoms with Gasteiger partial charge in [-0.05, 0) is 24.3 Å². The molecule has 0 atom stereocenters. The zero-order valence-corrected chi connectivity index (χ0v) is 14.4. The summed E-state index contributed by atoms with van der Waals surface area (Å²) in [6.45, 7) is 3.53. The summed E-state index contributed by atoms with van der Waals surface area (Å²) in [6.07, 6.45) is 0.621. The minimum absolute atomic E-state index is 0.0940. The Kier molecular flexibility index (Phi) is 6.10. The van der Waals surface area contributed by atoms with Crippen molar-refractivity contribution in [3.8, 4) is 5.75 Å². The summed E-state index contributed by atoms with van der Waals surface area (Å²) in [5.41, 5.74) is 0.682. The van der Waals surface area contributed by atoms with Gasteiger partial charge in [0.25, 0.3) is 0 Å². The van der Waals surface area contributed by atoms with Gasteiger partial charge < -0.3 is 19.3 Å². The van der Waals surface area contributed by atoms with Gasteiger partial charge in [-0.25, -0.2) is 4.79 Å². The van der Waals surface area contributed by atoms with E-state index in [-0.39, 0.29) is 18.2 Å². The molecule has 25 heavy (non-hydrogen) atoms. The summed E-state index contributed by atoms with van der Waals surface area (Å²) in [6, 6.07) is 6.63. The van der Waals surface area contributed by atoms with Crippen molar-refractivity contribution in [3.05, 3.63) is 36.0 Å². The van der Waals surface area contributed by atoms with Crippen molar-refractivity contribution < 1.29 is 24.0 Å². The lowest BCUT2D eigenvalue weighted by atomic mass is 10.2. The minimum Gasteiger partial charge on any atom is -0.482 e. The lowest BCUT2D eigenvalue weighted by Gasteiger charge is -2.17. The number of aliphatic carboxylic acids is 1. The van der Waals surface area contributed by atoms with Crippen molar-refractivity contribution in [2.75, 3.05) is 18.6 Å². The number of carbonyl (C=O) groups is 2. The molecule has 0 aliphatic rings. The molecule has 1 amide bonds. The van der Waals surface area contributed by atoms with Crippen LogP contribution in [0.5, 0.6) is 5.75 Å². The molecule has 1 N–H and O–H groups in total. The number of carboxylic acids is 1. The summed E-state index contributed by atoms with van der Waals surface area (Å²) in [5, 5.41) is 12.4. The average molecular weight is 347 g/mol. The Hall–Kier alpha value is -2.90. The van der Waals surface area contributed by atoms with Gasteiger partial charge in [0.1, 0.15) is 5.75 Å². The Morgan fingerprint density at radius 2 is 1.96 bits per heavy atom. The first-order valence-electron chi connectivity index (χ1n) is 7.90. The quantitative estimate of drug-likeness (QED) is 0.780. The fourth-order valence-corrected chi connectivity index (χ4v) is 2.04. The number of anilines is 1. The van der Waals surface area contributed by atoms with Crippen LogP contribution in [0.1, 0.15) is 37.9 Å². The first kappa shape index (κ1) is 18.4. The van der Waals surface area contributed by atoms with Gasteiger partial charge in [-0.3, -0.25) is 4.79 Å². The third-order valence-electron chi connectivity index (χ3n) is 3.51. The summed E-state index contributed by atoms with van der Waals surface area (Å²) in [7, 11) is 1.67. The van der Waals surface area contributed by atoms with Crippen LogP contribution in [0.3, 0.4) is 0 Å². The van der Waals surface area contributed by atoms with Gasteiger partial charge in [0, 0.05) is 31.5 Å². The molecular weight excluding hydrogens is 326 g/mol. The van der Waals surface area contributed by atoms with Gasteiger partial charge in [0.05, 0.1) is 0 Å². The van der Waals surface area contributed by atoms with Gasteiger partial charge in [-0.1, -0.05) is 19.0 Å². The second kappa shape index (κ2) is 8.27. The summed E-state index contributed by atoms with van der Waals surface area (Å²) >= 11 is 0. The number of amides is 1. The summed E-state index contributed by atoms with van der Waals surface area (Å²) < 4.78 is 10.2. The van der Waals surface area contributed by atoms with Crippen molar-refractivity contribution in [2.45, 2.75) is 32.6 Å². The van der Waals surface area contributed by atoms with Crippen LogP contribution < -0.4 is 9.64 Å². The molecule has 1 aromatic heterocycles. The molecule has 0 saturated carbocycles.